The number of aliphatic hydroxyl groups excluding tert-OH is 1. The molecule has 0 spiro atoms. The van der Waals surface area contributed by atoms with Gasteiger partial charge in [0.05, 0.1) is 18.3 Å². The summed E-state index contributed by atoms with van der Waals surface area (Å²) in [5.74, 6) is 0.388. The third kappa shape index (κ3) is 2.27. The number of hydrogen-bond donors (Lipinski definition) is 1. The quantitative estimate of drug-likeness (QED) is 0.731. The Bertz CT molecular complexity index is 173. The molecule has 14 heavy (non-hydrogen) atoms. The predicted octanol–water partition coefficient (Wildman–Crippen LogP) is 1.34. The van der Waals surface area contributed by atoms with Crippen LogP contribution in [0, 0.1) is 5.92 Å². The van der Waals surface area contributed by atoms with Crippen molar-refractivity contribution in [1.29, 1.82) is 0 Å². The van der Waals surface area contributed by atoms with E-state index in [0.717, 1.165) is 38.9 Å². The molecule has 0 aromatic rings. The lowest BCUT2D eigenvalue weighted by atomic mass is 9.90. The van der Waals surface area contributed by atoms with Crippen molar-refractivity contribution in [3.63, 3.8) is 0 Å². The second-order valence-electron chi connectivity index (χ2n) is 4.50. The molecule has 1 N–H and O–H groups in total. The maximum atomic E-state index is 10.1. The fraction of sp³-hybridized carbons (Fsp3) is 1.00. The van der Waals surface area contributed by atoms with Gasteiger partial charge in [0.2, 0.25) is 0 Å². The smallest absolute Gasteiger partial charge is 0.0841 e. The first-order valence-electron chi connectivity index (χ1n) is 5.68. The van der Waals surface area contributed by atoms with Crippen LogP contribution in [0.4, 0.5) is 0 Å². The summed E-state index contributed by atoms with van der Waals surface area (Å²) in [5, 5.41) is 10.1. The summed E-state index contributed by atoms with van der Waals surface area (Å²) in [5.41, 5.74) is 0. The minimum absolute atomic E-state index is 0.0769. The summed E-state index contributed by atoms with van der Waals surface area (Å²) in [4.78, 5) is 0. The minimum Gasteiger partial charge on any atom is -0.390 e. The number of ether oxygens (including phenoxy) is 2. The molecule has 0 aliphatic carbocycles. The van der Waals surface area contributed by atoms with Crippen molar-refractivity contribution in [2.45, 2.75) is 50.9 Å². The van der Waals surface area contributed by atoms with Crippen LogP contribution in [-0.2, 0) is 9.47 Å². The van der Waals surface area contributed by atoms with E-state index >= 15 is 0 Å². The zero-order valence-electron chi connectivity index (χ0n) is 8.82. The van der Waals surface area contributed by atoms with Gasteiger partial charge >= 0.3 is 0 Å². The van der Waals surface area contributed by atoms with Gasteiger partial charge in [0.25, 0.3) is 0 Å². The van der Waals surface area contributed by atoms with Crippen LogP contribution in [0.1, 0.15) is 32.6 Å². The van der Waals surface area contributed by atoms with Crippen LogP contribution in [0.3, 0.4) is 0 Å². The molecular weight excluding hydrogens is 180 g/mol. The molecule has 3 heteroatoms. The zero-order chi connectivity index (χ0) is 9.97. The molecule has 0 aromatic carbocycles. The molecule has 0 saturated carbocycles. The van der Waals surface area contributed by atoms with E-state index in [4.69, 9.17) is 9.47 Å². The normalized spacial score (nSPS) is 37.3. The Balaban J connectivity index is 1.84. The van der Waals surface area contributed by atoms with Gasteiger partial charge in [-0.2, -0.15) is 0 Å². The number of aliphatic hydroxyl groups is 1. The van der Waals surface area contributed by atoms with Gasteiger partial charge in [0.1, 0.15) is 0 Å². The summed E-state index contributed by atoms with van der Waals surface area (Å²) in [7, 11) is 0. The third-order valence-electron chi connectivity index (χ3n) is 3.39. The molecule has 2 heterocycles. The summed E-state index contributed by atoms with van der Waals surface area (Å²) in [6, 6.07) is 0. The van der Waals surface area contributed by atoms with Crippen LogP contribution in [0.2, 0.25) is 0 Å². The second kappa shape index (κ2) is 4.60. The van der Waals surface area contributed by atoms with Crippen molar-refractivity contribution in [3.05, 3.63) is 0 Å². The Morgan fingerprint density at radius 1 is 1.14 bits per heavy atom. The standard InChI is InChI=1S/C11H20O3/c1-8-2-3-10(14-8)11(12)9-4-6-13-7-5-9/h8-12H,2-7H2,1H3. The van der Waals surface area contributed by atoms with Gasteiger partial charge in [-0.15, -0.1) is 0 Å². The molecule has 3 unspecified atom stereocenters. The lowest BCUT2D eigenvalue weighted by Crippen LogP contribution is -2.36. The Morgan fingerprint density at radius 2 is 1.86 bits per heavy atom. The van der Waals surface area contributed by atoms with Gasteiger partial charge in [0.15, 0.2) is 0 Å². The van der Waals surface area contributed by atoms with Crippen molar-refractivity contribution in [3.8, 4) is 0 Å². The van der Waals surface area contributed by atoms with E-state index in [1.54, 1.807) is 0 Å². The first kappa shape index (κ1) is 10.4. The Labute approximate surface area is 85.4 Å². The fourth-order valence-electron chi connectivity index (χ4n) is 2.45. The van der Waals surface area contributed by atoms with Crippen molar-refractivity contribution < 1.29 is 14.6 Å². The summed E-state index contributed by atoms with van der Waals surface area (Å²) >= 11 is 0. The molecule has 82 valence electrons. The number of rotatable bonds is 2. The highest BCUT2D eigenvalue weighted by Crippen LogP contribution is 2.29. The molecular formula is C11H20O3. The molecule has 3 nitrogen and oxygen atoms in total. The van der Waals surface area contributed by atoms with Gasteiger partial charge in [-0.25, -0.2) is 0 Å². The van der Waals surface area contributed by atoms with Gasteiger partial charge in [0, 0.05) is 13.2 Å². The van der Waals surface area contributed by atoms with Gasteiger partial charge in [-0.1, -0.05) is 0 Å². The van der Waals surface area contributed by atoms with Crippen LogP contribution < -0.4 is 0 Å². The minimum atomic E-state index is -0.274. The van der Waals surface area contributed by atoms with E-state index in [0.29, 0.717) is 12.0 Å². The predicted molar refractivity (Wildman–Crippen MR) is 53.1 cm³/mol. The van der Waals surface area contributed by atoms with Crippen LogP contribution in [0.25, 0.3) is 0 Å². The Hall–Kier alpha value is -0.120. The van der Waals surface area contributed by atoms with Crippen molar-refractivity contribution in [2.75, 3.05) is 13.2 Å². The Kier molecular flexibility index (Phi) is 3.42. The van der Waals surface area contributed by atoms with Crippen molar-refractivity contribution >= 4 is 0 Å². The zero-order valence-corrected chi connectivity index (χ0v) is 8.82. The molecule has 0 aromatic heterocycles. The third-order valence-corrected chi connectivity index (χ3v) is 3.39. The average Bonchev–Trinajstić information content (AvgIpc) is 2.65. The van der Waals surface area contributed by atoms with Crippen LogP contribution in [-0.4, -0.2) is 36.6 Å². The van der Waals surface area contributed by atoms with Gasteiger partial charge < -0.3 is 14.6 Å². The lowest BCUT2D eigenvalue weighted by molar-refractivity contribution is -0.0757. The summed E-state index contributed by atoms with van der Waals surface area (Å²) < 4.78 is 11.0. The molecule has 2 aliphatic heterocycles. The molecule has 2 aliphatic rings. The molecule has 2 fully saturated rings. The van der Waals surface area contributed by atoms with Gasteiger partial charge in [-0.3, -0.25) is 0 Å². The van der Waals surface area contributed by atoms with Crippen molar-refractivity contribution in [1.82, 2.24) is 0 Å². The van der Waals surface area contributed by atoms with E-state index in [1.165, 1.54) is 0 Å². The monoisotopic (exact) mass is 200 g/mol. The number of hydrogen-bond acceptors (Lipinski definition) is 3. The van der Waals surface area contributed by atoms with E-state index in [-0.39, 0.29) is 12.2 Å². The molecule has 2 saturated heterocycles. The molecule has 3 atom stereocenters. The fourth-order valence-corrected chi connectivity index (χ4v) is 2.45. The largest absolute Gasteiger partial charge is 0.390 e. The summed E-state index contributed by atoms with van der Waals surface area (Å²) in [6.07, 6.45) is 4.20. The average molecular weight is 200 g/mol. The highest BCUT2D eigenvalue weighted by molar-refractivity contribution is 4.83. The highest BCUT2D eigenvalue weighted by atomic mass is 16.5. The van der Waals surface area contributed by atoms with Crippen LogP contribution >= 0.6 is 0 Å². The van der Waals surface area contributed by atoms with Crippen LogP contribution in [0.5, 0.6) is 0 Å². The first-order chi connectivity index (χ1) is 6.77. The lowest BCUT2D eigenvalue weighted by Gasteiger charge is -2.30. The van der Waals surface area contributed by atoms with E-state index in [9.17, 15) is 5.11 Å². The second-order valence-corrected chi connectivity index (χ2v) is 4.50. The molecule has 0 radical (unpaired) electrons. The molecule has 2 rings (SSSR count). The van der Waals surface area contributed by atoms with E-state index in [2.05, 4.69) is 6.92 Å². The van der Waals surface area contributed by atoms with Crippen molar-refractivity contribution in [2.24, 2.45) is 5.92 Å². The van der Waals surface area contributed by atoms with E-state index in [1.807, 2.05) is 0 Å². The first-order valence-corrected chi connectivity index (χ1v) is 5.68. The Morgan fingerprint density at radius 3 is 2.43 bits per heavy atom. The molecule has 0 bridgehead atoms. The van der Waals surface area contributed by atoms with E-state index < -0.39 is 0 Å². The maximum absolute atomic E-state index is 10.1. The maximum Gasteiger partial charge on any atom is 0.0841 e. The summed E-state index contributed by atoms with van der Waals surface area (Å²) in [6.45, 7) is 3.67. The van der Waals surface area contributed by atoms with Gasteiger partial charge in [-0.05, 0) is 38.5 Å². The SMILES string of the molecule is CC1CCC(C(O)C2CCOCC2)O1. The molecule has 0 amide bonds. The van der Waals surface area contributed by atoms with Crippen LogP contribution in [0.15, 0.2) is 0 Å². The highest BCUT2D eigenvalue weighted by Gasteiger charge is 2.34. The topological polar surface area (TPSA) is 38.7 Å².